The van der Waals surface area contributed by atoms with Crippen molar-refractivity contribution in [3.63, 3.8) is 0 Å². The van der Waals surface area contributed by atoms with E-state index in [4.69, 9.17) is 10.5 Å². The lowest BCUT2D eigenvalue weighted by Gasteiger charge is -2.38. The van der Waals surface area contributed by atoms with Crippen molar-refractivity contribution < 1.29 is 14.3 Å². The summed E-state index contributed by atoms with van der Waals surface area (Å²) in [4.78, 5) is 26.0. The minimum atomic E-state index is -0.525. The molecule has 0 bridgehead atoms. The number of primary amides is 1. The molecule has 0 aliphatic carbocycles. The fourth-order valence-corrected chi connectivity index (χ4v) is 3.74. The SMILES string of the molecule is CC(C)[C@@H](CNC(=O)COc1cccc(C(N)=O)c1)N1CCc2ccccc2C1. The van der Waals surface area contributed by atoms with Gasteiger partial charge in [0.25, 0.3) is 5.91 Å². The number of carbonyl (C=O) groups is 2. The summed E-state index contributed by atoms with van der Waals surface area (Å²) >= 11 is 0. The molecule has 154 valence electrons. The minimum Gasteiger partial charge on any atom is -0.484 e. The summed E-state index contributed by atoms with van der Waals surface area (Å²) < 4.78 is 5.51. The van der Waals surface area contributed by atoms with E-state index in [1.165, 1.54) is 17.2 Å². The monoisotopic (exact) mass is 395 g/mol. The van der Waals surface area contributed by atoms with Crippen LogP contribution in [-0.2, 0) is 17.8 Å². The number of hydrogen-bond acceptors (Lipinski definition) is 4. The standard InChI is InChI=1S/C23H29N3O3/c1-16(2)21(26-11-10-17-6-3-4-7-19(17)14-26)13-25-22(27)15-29-20-9-5-8-18(12-20)23(24)28/h3-9,12,16,21H,10-11,13-15H2,1-2H3,(H2,24,28)(H,25,27)/t21-/m1/s1. The van der Waals surface area contributed by atoms with Crippen LogP contribution in [0.25, 0.3) is 0 Å². The van der Waals surface area contributed by atoms with Crippen molar-refractivity contribution in [2.24, 2.45) is 11.7 Å². The molecule has 0 radical (unpaired) electrons. The zero-order valence-electron chi connectivity index (χ0n) is 17.1. The number of carbonyl (C=O) groups excluding carboxylic acids is 2. The van der Waals surface area contributed by atoms with Crippen molar-refractivity contribution >= 4 is 11.8 Å². The van der Waals surface area contributed by atoms with Gasteiger partial charge < -0.3 is 15.8 Å². The van der Waals surface area contributed by atoms with Gasteiger partial charge in [0.1, 0.15) is 5.75 Å². The van der Waals surface area contributed by atoms with Gasteiger partial charge in [0, 0.05) is 31.2 Å². The van der Waals surface area contributed by atoms with Crippen molar-refractivity contribution in [1.82, 2.24) is 10.2 Å². The van der Waals surface area contributed by atoms with Gasteiger partial charge in [-0.25, -0.2) is 0 Å². The molecular weight excluding hydrogens is 366 g/mol. The molecule has 29 heavy (non-hydrogen) atoms. The topological polar surface area (TPSA) is 84.7 Å². The van der Waals surface area contributed by atoms with E-state index in [2.05, 4.69) is 48.3 Å². The van der Waals surface area contributed by atoms with Gasteiger partial charge in [-0.2, -0.15) is 0 Å². The Hall–Kier alpha value is -2.86. The number of benzene rings is 2. The van der Waals surface area contributed by atoms with Gasteiger partial charge in [-0.1, -0.05) is 44.2 Å². The average molecular weight is 396 g/mol. The number of nitrogens with one attached hydrogen (secondary N) is 1. The molecule has 0 unspecified atom stereocenters. The Kier molecular flexibility index (Phi) is 6.88. The van der Waals surface area contributed by atoms with Crippen molar-refractivity contribution in [2.75, 3.05) is 19.7 Å². The number of rotatable bonds is 8. The lowest BCUT2D eigenvalue weighted by molar-refractivity contribution is -0.123. The summed E-state index contributed by atoms with van der Waals surface area (Å²) in [7, 11) is 0. The van der Waals surface area contributed by atoms with E-state index in [1.807, 2.05) is 0 Å². The molecule has 2 aromatic rings. The molecule has 0 aromatic heterocycles. The number of nitrogens with zero attached hydrogens (tertiary/aromatic N) is 1. The molecule has 1 aliphatic heterocycles. The van der Waals surface area contributed by atoms with Crippen molar-refractivity contribution in [1.29, 1.82) is 0 Å². The lowest BCUT2D eigenvalue weighted by Crippen LogP contribution is -2.49. The second kappa shape index (κ2) is 9.56. The van der Waals surface area contributed by atoms with Crippen LogP contribution in [0, 0.1) is 5.92 Å². The molecule has 0 spiro atoms. The van der Waals surface area contributed by atoms with Gasteiger partial charge in [-0.15, -0.1) is 0 Å². The molecule has 0 saturated carbocycles. The summed E-state index contributed by atoms with van der Waals surface area (Å²) in [5.41, 5.74) is 8.41. The summed E-state index contributed by atoms with van der Waals surface area (Å²) in [5.74, 6) is 0.151. The maximum absolute atomic E-state index is 12.3. The predicted octanol–water partition coefficient (Wildman–Crippen LogP) is 2.36. The molecule has 6 nitrogen and oxygen atoms in total. The van der Waals surface area contributed by atoms with E-state index in [9.17, 15) is 9.59 Å². The molecule has 6 heteroatoms. The maximum atomic E-state index is 12.3. The van der Waals surface area contributed by atoms with Crippen LogP contribution < -0.4 is 15.8 Å². The highest BCUT2D eigenvalue weighted by atomic mass is 16.5. The van der Waals surface area contributed by atoms with Gasteiger partial charge in [-0.3, -0.25) is 14.5 Å². The molecule has 2 amide bonds. The van der Waals surface area contributed by atoms with Crippen LogP contribution in [0.15, 0.2) is 48.5 Å². The zero-order valence-corrected chi connectivity index (χ0v) is 17.1. The van der Waals surface area contributed by atoms with Gasteiger partial charge in [0.2, 0.25) is 5.91 Å². The molecule has 0 saturated heterocycles. The second-order valence-corrected chi connectivity index (χ2v) is 7.79. The zero-order chi connectivity index (χ0) is 20.8. The average Bonchev–Trinajstić information content (AvgIpc) is 2.72. The Balaban J connectivity index is 1.52. The molecule has 1 aliphatic rings. The smallest absolute Gasteiger partial charge is 0.257 e. The van der Waals surface area contributed by atoms with E-state index < -0.39 is 5.91 Å². The first-order chi connectivity index (χ1) is 13.9. The van der Waals surface area contributed by atoms with Crippen LogP contribution >= 0.6 is 0 Å². The Labute approximate surface area is 172 Å². The van der Waals surface area contributed by atoms with Crippen LogP contribution in [0.4, 0.5) is 0 Å². The Morgan fingerprint density at radius 1 is 1.14 bits per heavy atom. The van der Waals surface area contributed by atoms with Crippen LogP contribution in [0.3, 0.4) is 0 Å². The highest BCUT2D eigenvalue weighted by molar-refractivity contribution is 5.93. The number of nitrogens with two attached hydrogens (primary N) is 1. The fourth-order valence-electron chi connectivity index (χ4n) is 3.74. The third-order valence-corrected chi connectivity index (χ3v) is 5.40. The molecule has 2 aromatic carbocycles. The predicted molar refractivity (Wildman–Crippen MR) is 113 cm³/mol. The largest absolute Gasteiger partial charge is 0.484 e. The normalized spacial score (nSPS) is 14.9. The summed E-state index contributed by atoms with van der Waals surface area (Å²) in [5, 5.41) is 3.00. The highest BCUT2D eigenvalue weighted by Crippen LogP contribution is 2.22. The number of fused-ring (bicyclic) bond motifs is 1. The van der Waals surface area contributed by atoms with E-state index in [1.54, 1.807) is 18.2 Å². The lowest BCUT2D eigenvalue weighted by atomic mass is 9.95. The molecule has 1 atom stereocenters. The molecular formula is C23H29N3O3. The molecule has 3 N–H and O–H groups in total. The Morgan fingerprint density at radius 3 is 2.62 bits per heavy atom. The van der Waals surface area contributed by atoms with Crippen molar-refractivity contribution in [3.8, 4) is 5.75 Å². The number of amides is 2. The van der Waals surface area contributed by atoms with Crippen LogP contribution in [0.1, 0.15) is 35.3 Å². The maximum Gasteiger partial charge on any atom is 0.257 e. The fraction of sp³-hybridized carbons (Fsp3) is 0.391. The van der Waals surface area contributed by atoms with Crippen LogP contribution in [0.5, 0.6) is 5.75 Å². The van der Waals surface area contributed by atoms with Crippen molar-refractivity contribution in [3.05, 3.63) is 65.2 Å². The molecule has 3 rings (SSSR count). The minimum absolute atomic E-state index is 0.101. The van der Waals surface area contributed by atoms with Crippen LogP contribution in [-0.4, -0.2) is 42.5 Å². The van der Waals surface area contributed by atoms with Crippen molar-refractivity contribution in [2.45, 2.75) is 32.9 Å². The first kappa shape index (κ1) is 20.9. The molecule has 1 heterocycles. The Morgan fingerprint density at radius 2 is 1.90 bits per heavy atom. The summed E-state index contributed by atoms with van der Waals surface area (Å²) in [6.07, 6.45) is 1.03. The van der Waals surface area contributed by atoms with Crippen LogP contribution in [0.2, 0.25) is 0 Å². The number of hydrogen-bond donors (Lipinski definition) is 2. The van der Waals surface area contributed by atoms with E-state index in [0.29, 0.717) is 23.8 Å². The third-order valence-electron chi connectivity index (χ3n) is 5.40. The summed E-state index contributed by atoms with van der Waals surface area (Å²) in [6.45, 7) is 6.74. The molecule has 0 fully saturated rings. The highest BCUT2D eigenvalue weighted by Gasteiger charge is 2.26. The van der Waals surface area contributed by atoms with Gasteiger partial charge in [-0.05, 0) is 41.7 Å². The summed E-state index contributed by atoms with van der Waals surface area (Å²) in [6, 6.07) is 15.3. The van der Waals surface area contributed by atoms with Gasteiger partial charge >= 0.3 is 0 Å². The van der Waals surface area contributed by atoms with E-state index in [-0.39, 0.29) is 18.6 Å². The first-order valence-corrected chi connectivity index (χ1v) is 10.0. The third kappa shape index (κ3) is 5.57. The van der Waals surface area contributed by atoms with Gasteiger partial charge in [0.05, 0.1) is 0 Å². The van der Waals surface area contributed by atoms with Gasteiger partial charge in [0.15, 0.2) is 6.61 Å². The van der Waals surface area contributed by atoms with E-state index >= 15 is 0 Å². The quantitative estimate of drug-likeness (QED) is 0.719. The van der Waals surface area contributed by atoms with E-state index in [0.717, 1.165) is 19.5 Å². The second-order valence-electron chi connectivity index (χ2n) is 7.79. The number of ether oxygens (including phenoxy) is 1. The first-order valence-electron chi connectivity index (χ1n) is 10.0. The Bertz CT molecular complexity index is 866.